The van der Waals surface area contributed by atoms with Gasteiger partial charge >= 0.3 is 0 Å². The Bertz CT molecular complexity index is 321. The number of hydrogen-bond donors (Lipinski definition) is 0. The quantitative estimate of drug-likeness (QED) is 0.765. The maximum atomic E-state index is 12.4. The Kier molecular flexibility index (Phi) is 4.54. The van der Waals surface area contributed by atoms with Gasteiger partial charge in [-0.15, -0.1) is 0 Å². The molecular weight excluding hydrogens is 238 g/mol. The lowest BCUT2D eigenvalue weighted by Crippen LogP contribution is -2.62. The minimum Gasteiger partial charge on any atom is -0.378 e. The molecule has 2 rings (SSSR count). The van der Waals surface area contributed by atoms with E-state index in [4.69, 9.17) is 4.74 Å². The third-order valence-electron chi connectivity index (χ3n) is 5.29. The van der Waals surface area contributed by atoms with Crippen molar-refractivity contribution in [1.29, 1.82) is 0 Å². The average molecular weight is 267 g/mol. The number of carbonyl (C=O) groups is 1. The summed E-state index contributed by atoms with van der Waals surface area (Å²) in [7, 11) is 1.98. The number of hydrogen-bond acceptors (Lipinski definition) is 2. The highest BCUT2D eigenvalue weighted by Gasteiger charge is 2.51. The predicted octanol–water partition coefficient (Wildman–Crippen LogP) is 3.23. The number of ether oxygens (including phenoxy) is 1. The molecule has 0 radical (unpaired) electrons. The zero-order valence-electron chi connectivity index (χ0n) is 12.9. The van der Waals surface area contributed by atoms with Gasteiger partial charge in [0.25, 0.3) is 0 Å². The number of carbonyl (C=O) groups excluding carboxylic acids is 1. The topological polar surface area (TPSA) is 29.5 Å². The van der Waals surface area contributed by atoms with Crippen molar-refractivity contribution in [1.82, 2.24) is 4.90 Å². The van der Waals surface area contributed by atoms with Gasteiger partial charge in [0.05, 0.1) is 6.10 Å². The summed E-state index contributed by atoms with van der Waals surface area (Å²) in [6.45, 7) is 7.25. The molecular formula is C16H29NO2. The first kappa shape index (κ1) is 14.8. The minimum absolute atomic E-state index is 0.0933. The third-order valence-corrected chi connectivity index (χ3v) is 5.29. The summed E-state index contributed by atoms with van der Waals surface area (Å²) in [6.07, 6.45) is 7.16. The van der Waals surface area contributed by atoms with E-state index in [9.17, 15) is 4.79 Å². The molecule has 0 unspecified atom stereocenters. The van der Waals surface area contributed by atoms with Crippen LogP contribution in [0.3, 0.4) is 0 Å². The second-order valence-electron chi connectivity index (χ2n) is 6.88. The fourth-order valence-electron chi connectivity index (χ4n) is 3.78. The van der Waals surface area contributed by atoms with Gasteiger partial charge in [0.1, 0.15) is 0 Å². The molecule has 0 aromatic heterocycles. The van der Waals surface area contributed by atoms with Crippen LogP contribution in [-0.2, 0) is 9.53 Å². The van der Waals surface area contributed by atoms with Crippen molar-refractivity contribution >= 4 is 5.91 Å². The van der Waals surface area contributed by atoms with Gasteiger partial charge in [0, 0.05) is 31.5 Å². The maximum absolute atomic E-state index is 12.4. The largest absolute Gasteiger partial charge is 0.378 e. The Morgan fingerprint density at radius 2 is 1.95 bits per heavy atom. The summed E-state index contributed by atoms with van der Waals surface area (Å²) < 4.78 is 5.75. The maximum Gasteiger partial charge on any atom is 0.222 e. The molecule has 0 saturated heterocycles. The normalized spacial score (nSPS) is 30.1. The molecule has 0 aliphatic heterocycles. The van der Waals surface area contributed by atoms with Gasteiger partial charge in [0.15, 0.2) is 0 Å². The van der Waals surface area contributed by atoms with E-state index in [-0.39, 0.29) is 5.41 Å². The van der Waals surface area contributed by atoms with Crippen LogP contribution in [0.15, 0.2) is 0 Å². The van der Waals surface area contributed by atoms with Crippen LogP contribution in [0.4, 0.5) is 0 Å². The number of rotatable bonds is 5. The lowest BCUT2D eigenvalue weighted by atomic mass is 9.63. The van der Waals surface area contributed by atoms with Crippen molar-refractivity contribution < 1.29 is 9.53 Å². The Labute approximate surface area is 117 Å². The van der Waals surface area contributed by atoms with Gasteiger partial charge in [-0.1, -0.05) is 26.7 Å². The van der Waals surface area contributed by atoms with E-state index in [1.54, 1.807) is 0 Å². The molecule has 0 spiro atoms. The van der Waals surface area contributed by atoms with E-state index in [0.717, 1.165) is 19.4 Å². The van der Waals surface area contributed by atoms with Gasteiger partial charge in [-0.3, -0.25) is 4.79 Å². The molecule has 0 heterocycles. The standard InChI is InChI=1S/C16H29NO2/c1-5-19-14-11-13(16(14,2)3)17(4)15(18)10-12-8-6-7-9-12/h12-14H,5-11H2,1-4H3/t13-,14-/m0/s1. The summed E-state index contributed by atoms with van der Waals surface area (Å²) in [4.78, 5) is 14.4. The lowest BCUT2D eigenvalue weighted by Gasteiger charge is -2.55. The van der Waals surface area contributed by atoms with Gasteiger partial charge in [-0.05, 0) is 32.1 Å². The first-order valence-electron chi connectivity index (χ1n) is 7.84. The molecule has 110 valence electrons. The zero-order valence-corrected chi connectivity index (χ0v) is 12.9. The van der Waals surface area contributed by atoms with Crippen LogP contribution in [-0.4, -0.2) is 36.6 Å². The second kappa shape index (κ2) is 5.82. The van der Waals surface area contributed by atoms with E-state index >= 15 is 0 Å². The highest BCUT2D eigenvalue weighted by molar-refractivity contribution is 5.76. The highest BCUT2D eigenvalue weighted by Crippen LogP contribution is 2.45. The third kappa shape index (κ3) is 2.96. The Balaban J connectivity index is 1.86. The zero-order chi connectivity index (χ0) is 14.0. The van der Waals surface area contributed by atoms with Crippen molar-refractivity contribution in [3.8, 4) is 0 Å². The van der Waals surface area contributed by atoms with Gasteiger partial charge in [-0.2, -0.15) is 0 Å². The molecule has 0 bridgehead atoms. The van der Waals surface area contributed by atoms with Crippen LogP contribution in [0.2, 0.25) is 0 Å². The molecule has 2 saturated carbocycles. The van der Waals surface area contributed by atoms with Crippen molar-refractivity contribution in [2.24, 2.45) is 11.3 Å². The summed E-state index contributed by atoms with van der Waals surface area (Å²) >= 11 is 0. The fourth-order valence-corrected chi connectivity index (χ4v) is 3.78. The summed E-state index contributed by atoms with van der Waals surface area (Å²) in [5.41, 5.74) is 0.0933. The van der Waals surface area contributed by atoms with Crippen molar-refractivity contribution in [3.05, 3.63) is 0 Å². The lowest BCUT2D eigenvalue weighted by molar-refractivity contribution is -0.164. The minimum atomic E-state index is 0.0933. The summed E-state index contributed by atoms with van der Waals surface area (Å²) in [6, 6.07) is 0.345. The Hall–Kier alpha value is -0.570. The van der Waals surface area contributed by atoms with Crippen LogP contribution in [0.5, 0.6) is 0 Å². The first-order valence-corrected chi connectivity index (χ1v) is 7.84. The molecule has 2 fully saturated rings. The first-order chi connectivity index (χ1) is 8.96. The van der Waals surface area contributed by atoms with Crippen LogP contribution >= 0.6 is 0 Å². The van der Waals surface area contributed by atoms with E-state index in [1.807, 2.05) is 18.9 Å². The van der Waals surface area contributed by atoms with Crippen LogP contribution < -0.4 is 0 Å². The molecule has 2 aliphatic carbocycles. The van der Waals surface area contributed by atoms with Crippen LogP contribution in [0, 0.1) is 11.3 Å². The smallest absolute Gasteiger partial charge is 0.222 e. The highest BCUT2D eigenvalue weighted by atomic mass is 16.5. The Morgan fingerprint density at radius 1 is 1.32 bits per heavy atom. The Morgan fingerprint density at radius 3 is 2.47 bits per heavy atom. The van der Waals surface area contributed by atoms with E-state index in [0.29, 0.717) is 24.0 Å². The molecule has 3 nitrogen and oxygen atoms in total. The SMILES string of the molecule is CCO[C@H]1C[C@H](N(C)C(=O)CC2CCCC2)C1(C)C. The van der Waals surface area contributed by atoms with E-state index in [1.165, 1.54) is 25.7 Å². The predicted molar refractivity (Wildman–Crippen MR) is 76.9 cm³/mol. The van der Waals surface area contributed by atoms with E-state index in [2.05, 4.69) is 13.8 Å². The number of amides is 1. The fraction of sp³-hybridized carbons (Fsp3) is 0.938. The van der Waals surface area contributed by atoms with Gasteiger partial charge in [-0.25, -0.2) is 0 Å². The average Bonchev–Trinajstić information content (AvgIpc) is 2.86. The van der Waals surface area contributed by atoms with Crippen molar-refractivity contribution in [3.63, 3.8) is 0 Å². The molecule has 0 N–H and O–H groups in total. The molecule has 19 heavy (non-hydrogen) atoms. The van der Waals surface area contributed by atoms with Crippen molar-refractivity contribution in [2.75, 3.05) is 13.7 Å². The molecule has 2 atom stereocenters. The summed E-state index contributed by atoms with van der Waals surface area (Å²) in [5, 5.41) is 0. The molecule has 2 aliphatic rings. The van der Waals surface area contributed by atoms with Gasteiger partial charge < -0.3 is 9.64 Å². The second-order valence-corrected chi connectivity index (χ2v) is 6.88. The van der Waals surface area contributed by atoms with Crippen LogP contribution in [0.25, 0.3) is 0 Å². The molecule has 0 aromatic rings. The van der Waals surface area contributed by atoms with Crippen molar-refractivity contribution in [2.45, 2.75) is 71.4 Å². The molecule has 1 amide bonds. The summed E-state index contributed by atoms with van der Waals surface area (Å²) in [5.74, 6) is 0.973. The number of nitrogens with zero attached hydrogens (tertiary/aromatic N) is 1. The van der Waals surface area contributed by atoms with Crippen LogP contribution in [0.1, 0.15) is 59.3 Å². The van der Waals surface area contributed by atoms with E-state index < -0.39 is 0 Å². The monoisotopic (exact) mass is 267 g/mol. The molecule has 3 heteroatoms. The molecule has 0 aromatic carbocycles. The van der Waals surface area contributed by atoms with Gasteiger partial charge in [0.2, 0.25) is 5.91 Å².